The highest BCUT2D eigenvalue weighted by atomic mass is 79.9. The first-order valence-corrected chi connectivity index (χ1v) is 7.07. The van der Waals surface area contributed by atoms with Gasteiger partial charge in [0.2, 0.25) is 5.78 Å². The molecule has 0 aliphatic heterocycles. The smallest absolute Gasteiger partial charge is 0.327 e. The predicted octanol–water partition coefficient (Wildman–Crippen LogP) is 1.38. The van der Waals surface area contributed by atoms with E-state index in [1.807, 2.05) is 0 Å². The second-order valence-corrected chi connectivity index (χ2v) is 4.94. The summed E-state index contributed by atoms with van der Waals surface area (Å²) >= 11 is 2.65. The number of halogens is 4. The SMILES string of the molecule is CCCOC(=O)C(Br)C(=O)C(F)COC(=O)CC(=O)C(F)F. The Morgan fingerprint density at radius 2 is 1.68 bits per heavy atom. The molecule has 0 N–H and O–H groups in total. The number of carbonyl (C=O) groups is 4. The van der Waals surface area contributed by atoms with Gasteiger partial charge in [-0.15, -0.1) is 0 Å². The summed E-state index contributed by atoms with van der Waals surface area (Å²) in [7, 11) is 0. The van der Waals surface area contributed by atoms with Crippen molar-refractivity contribution >= 4 is 39.4 Å². The second-order valence-electron chi connectivity index (χ2n) is 4.03. The van der Waals surface area contributed by atoms with Gasteiger partial charge in [-0.3, -0.25) is 19.2 Å². The van der Waals surface area contributed by atoms with E-state index in [1.165, 1.54) is 0 Å². The zero-order chi connectivity index (χ0) is 17.3. The first-order valence-electron chi connectivity index (χ1n) is 6.15. The summed E-state index contributed by atoms with van der Waals surface area (Å²) in [6.45, 7) is 0.684. The quantitative estimate of drug-likeness (QED) is 0.318. The highest BCUT2D eigenvalue weighted by Gasteiger charge is 2.32. The van der Waals surface area contributed by atoms with E-state index in [9.17, 15) is 32.3 Å². The molecule has 6 nitrogen and oxygen atoms in total. The minimum absolute atomic E-state index is 0.0515. The molecule has 2 atom stereocenters. The summed E-state index contributed by atoms with van der Waals surface area (Å²) < 4.78 is 46.0. The van der Waals surface area contributed by atoms with E-state index in [-0.39, 0.29) is 6.61 Å². The normalized spacial score (nSPS) is 13.4. The lowest BCUT2D eigenvalue weighted by Crippen LogP contribution is -2.36. The van der Waals surface area contributed by atoms with Crippen molar-refractivity contribution in [2.45, 2.75) is 37.2 Å². The Morgan fingerprint density at radius 3 is 2.18 bits per heavy atom. The molecule has 0 amide bonds. The number of hydrogen-bond acceptors (Lipinski definition) is 6. The number of Topliss-reactive ketones (excluding diaryl/α,β-unsaturated/α-hetero) is 2. The van der Waals surface area contributed by atoms with Crippen LogP contribution in [0.15, 0.2) is 0 Å². The van der Waals surface area contributed by atoms with Gasteiger partial charge >= 0.3 is 11.9 Å². The number of alkyl halides is 4. The largest absolute Gasteiger partial charge is 0.465 e. The Balaban J connectivity index is 4.27. The van der Waals surface area contributed by atoms with Crippen molar-refractivity contribution < 1.29 is 41.8 Å². The highest BCUT2D eigenvalue weighted by Crippen LogP contribution is 2.10. The topological polar surface area (TPSA) is 86.7 Å². The van der Waals surface area contributed by atoms with Crippen molar-refractivity contribution in [3.8, 4) is 0 Å². The Bertz CT molecular complexity index is 429. The van der Waals surface area contributed by atoms with Crippen molar-refractivity contribution in [3.63, 3.8) is 0 Å². The van der Waals surface area contributed by atoms with Crippen molar-refractivity contribution in [2.75, 3.05) is 13.2 Å². The molecule has 22 heavy (non-hydrogen) atoms. The lowest BCUT2D eigenvalue weighted by molar-refractivity contribution is -0.151. The van der Waals surface area contributed by atoms with E-state index >= 15 is 0 Å². The third-order valence-electron chi connectivity index (χ3n) is 2.17. The number of carbonyl (C=O) groups excluding carboxylic acids is 4. The molecule has 0 bridgehead atoms. The van der Waals surface area contributed by atoms with Crippen LogP contribution in [0, 0.1) is 0 Å². The molecule has 0 spiro atoms. The molecule has 0 fully saturated rings. The molecule has 0 aliphatic rings. The van der Waals surface area contributed by atoms with E-state index in [4.69, 9.17) is 0 Å². The van der Waals surface area contributed by atoms with Gasteiger partial charge in [-0.2, -0.15) is 0 Å². The van der Waals surface area contributed by atoms with E-state index in [1.54, 1.807) is 6.92 Å². The van der Waals surface area contributed by atoms with Gasteiger partial charge in [0.05, 0.1) is 6.61 Å². The Labute approximate surface area is 132 Å². The van der Waals surface area contributed by atoms with Crippen LogP contribution in [0.1, 0.15) is 19.8 Å². The van der Waals surface area contributed by atoms with E-state index in [0.717, 1.165) is 0 Å². The van der Waals surface area contributed by atoms with Gasteiger partial charge in [0.25, 0.3) is 6.43 Å². The first kappa shape index (κ1) is 20.6. The van der Waals surface area contributed by atoms with Crippen molar-refractivity contribution in [1.29, 1.82) is 0 Å². The molecule has 2 unspecified atom stereocenters. The molecule has 0 saturated heterocycles. The van der Waals surface area contributed by atoms with Gasteiger partial charge in [-0.05, 0) is 6.42 Å². The van der Waals surface area contributed by atoms with Crippen molar-refractivity contribution in [2.24, 2.45) is 0 Å². The molecule has 0 saturated carbocycles. The fourth-order valence-corrected chi connectivity index (χ4v) is 1.49. The fourth-order valence-electron chi connectivity index (χ4n) is 1.07. The van der Waals surface area contributed by atoms with Crippen LogP contribution in [-0.4, -0.2) is 54.1 Å². The molecular weight excluding hydrogens is 377 g/mol. The van der Waals surface area contributed by atoms with Crippen molar-refractivity contribution in [3.05, 3.63) is 0 Å². The Kier molecular flexibility index (Phi) is 9.63. The monoisotopic (exact) mass is 390 g/mol. The molecule has 0 heterocycles. The van der Waals surface area contributed by atoms with Gasteiger partial charge in [0, 0.05) is 0 Å². The number of rotatable bonds is 10. The van der Waals surface area contributed by atoms with Crippen LogP contribution in [0.3, 0.4) is 0 Å². The van der Waals surface area contributed by atoms with Gasteiger partial charge < -0.3 is 9.47 Å². The minimum Gasteiger partial charge on any atom is -0.465 e. The van der Waals surface area contributed by atoms with Crippen LogP contribution >= 0.6 is 15.9 Å². The minimum atomic E-state index is -3.34. The first-order chi connectivity index (χ1) is 10.2. The van der Waals surface area contributed by atoms with Crippen LogP contribution < -0.4 is 0 Å². The maximum Gasteiger partial charge on any atom is 0.327 e. The fraction of sp³-hybridized carbons (Fsp3) is 0.667. The summed E-state index contributed by atoms with van der Waals surface area (Å²) in [5.74, 6) is -5.29. The summed E-state index contributed by atoms with van der Waals surface area (Å²) in [5, 5.41) is 0. The molecule has 0 aromatic heterocycles. The van der Waals surface area contributed by atoms with Crippen LogP contribution in [0.25, 0.3) is 0 Å². The van der Waals surface area contributed by atoms with Gasteiger partial charge in [0.15, 0.2) is 16.8 Å². The number of ketones is 2. The van der Waals surface area contributed by atoms with Crippen molar-refractivity contribution in [1.82, 2.24) is 0 Å². The molecule has 0 aromatic rings. The molecule has 0 aromatic carbocycles. The van der Waals surface area contributed by atoms with Crippen LogP contribution in [0.2, 0.25) is 0 Å². The second kappa shape index (κ2) is 10.3. The average Bonchev–Trinajstić information content (AvgIpc) is 2.48. The lowest BCUT2D eigenvalue weighted by atomic mass is 10.2. The highest BCUT2D eigenvalue weighted by molar-refractivity contribution is 9.10. The maximum absolute atomic E-state index is 13.5. The van der Waals surface area contributed by atoms with Gasteiger partial charge in [-0.1, -0.05) is 22.9 Å². The molecule has 0 radical (unpaired) electrons. The third kappa shape index (κ3) is 7.53. The van der Waals surface area contributed by atoms with Crippen LogP contribution in [0.4, 0.5) is 13.2 Å². The zero-order valence-electron chi connectivity index (χ0n) is 11.5. The summed E-state index contributed by atoms with van der Waals surface area (Å²) in [6, 6.07) is 0. The molecule has 0 aliphatic carbocycles. The molecule has 126 valence electrons. The molecule has 0 rings (SSSR count). The number of ether oxygens (including phenoxy) is 2. The van der Waals surface area contributed by atoms with E-state index < -0.39 is 54.0 Å². The van der Waals surface area contributed by atoms with Crippen LogP contribution in [0.5, 0.6) is 0 Å². The van der Waals surface area contributed by atoms with E-state index in [2.05, 4.69) is 25.4 Å². The summed E-state index contributed by atoms with van der Waals surface area (Å²) in [5.41, 5.74) is 0. The number of esters is 2. The molecule has 10 heteroatoms. The zero-order valence-corrected chi connectivity index (χ0v) is 13.1. The standard InChI is InChI=1S/C12H14BrF3O6/c1-2-3-21-12(20)9(13)10(19)6(14)5-22-8(18)4-7(17)11(15)16/h6,9,11H,2-5H2,1H3. The van der Waals surface area contributed by atoms with Gasteiger partial charge in [0.1, 0.15) is 13.0 Å². The average molecular weight is 391 g/mol. The molecular formula is C12H14BrF3O6. The predicted molar refractivity (Wildman–Crippen MR) is 70.5 cm³/mol. The third-order valence-corrected chi connectivity index (χ3v) is 2.99. The van der Waals surface area contributed by atoms with Crippen LogP contribution in [-0.2, 0) is 28.7 Å². The summed E-state index contributed by atoms with van der Waals surface area (Å²) in [6.07, 6.45) is -6.41. The maximum atomic E-state index is 13.5. The lowest BCUT2D eigenvalue weighted by Gasteiger charge is -2.12. The summed E-state index contributed by atoms with van der Waals surface area (Å²) in [4.78, 5) is 42.8. The Morgan fingerprint density at radius 1 is 1.09 bits per heavy atom. The van der Waals surface area contributed by atoms with Gasteiger partial charge in [-0.25, -0.2) is 13.2 Å². The Hall–Kier alpha value is -1.45. The number of hydrogen-bond donors (Lipinski definition) is 0. The van der Waals surface area contributed by atoms with E-state index in [0.29, 0.717) is 6.42 Å².